The minimum absolute atomic E-state index is 0.275. The minimum Gasteiger partial charge on any atom is -0.455 e. The Morgan fingerprint density at radius 1 is 1.42 bits per heavy atom. The average molecular weight is 292 g/mol. The second kappa shape index (κ2) is 4.15. The molecule has 5 atom stereocenters. The smallest absolute Gasteiger partial charge is 0.312 e. The lowest BCUT2D eigenvalue weighted by atomic mass is 9.88. The molecule has 3 heterocycles. The number of carbonyl (C=O) groups is 2. The van der Waals surface area contributed by atoms with Crippen LogP contribution in [0.5, 0.6) is 0 Å². The largest absolute Gasteiger partial charge is 0.455 e. The maximum atomic E-state index is 11.5. The van der Waals surface area contributed by atoms with E-state index < -0.39 is 40.5 Å². The molecule has 19 heavy (non-hydrogen) atoms. The van der Waals surface area contributed by atoms with E-state index >= 15 is 0 Å². The summed E-state index contributed by atoms with van der Waals surface area (Å²) in [6.07, 6.45) is -2.00. The van der Waals surface area contributed by atoms with Gasteiger partial charge >= 0.3 is 11.9 Å². The topological polar surface area (TPSA) is 116 Å². The molecular weight excluding hydrogens is 280 g/mol. The van der Waals surface area contributed by atoms with Gasteiger partial charge < -0.3 is 14.2 Å². The number of rotatable bonds is 4. The second-order valence-electron chi connectivity index (χ2n) is 4.87. The average Bonchev–Trinajstić information content (AvgIpc) is 2.90. The van der Waals surface area contributed by atoms with Gasteiger partial charge in [-0.3, -0.25) is 14.1 Å². The summed E-state index contributed by atoms with van der Waals surface area (Å²) in [5.41, 5.74) is 0. The van der Waals surface area contributed by atoms with Crippen LogP contribution in [0.25, 0.3) is 0 Å². The Balaban J connectivity index is 1.60. The summed E-state index contributed by atoms with van der Waals surface area (Å²) in [5, 5.41) is 0. The van der Waals surface area contributed by atoms with Crippen molar-refractivity contribution in [3.8, 4) is 0 Å². The van der Waals surface area contributed by atoms with E-state index in [1.807, 2.05) is 0 Å². The van der Waals surface area contributed by atoms with Crippen molar-refractivity contribution < 1.29 is 36.8 Å². The number of carbonyl (C=O) groups excluding carboxylic acids is 2. The lowest BCUT2D eigenvalue weighted by Crippen LogP contribution is -2.40. The molecule has 5 unspecified atom stereocenters. The van der Waals surface area contributed by atoms with E-state index in [-0.39, 0.29) is 24.1 Å². The van der Waals surface area contributed by atoms with Gasteiger partial charge in [-0.2, -0.15) is 8.42 Å². The molecular formula is C10H12O8S. The Kier molecular flexibility index (Phi) is 2.80. The molecule has 0 aromatic rings. The molecule has 8 nitrogen and oxygen atoms in total. The molecule has 0 spiro atoms. The van der Waals surface area contributed by atoms with Crippen LogP contribution in [0.3, 0.4) is 0 Å². The highest BCUT2D eigenvalue weighted by atomic mass is 32.2. The first-order valence-electron chi connectivity index (χ1n) is 5.86. The first-order valence-corrected chi connectivity index (χ1v) is 7.47. The summed E-state index contributed by atoms with van der Waals surface area (Å²) in [4.78, 5) is 22.9. The molecule has 3 rings (SSSR count). The molecule has 2 bridgehead atoms. The lowest BCUT2D eigenvalue weighted by molar-refractivity contribution is -0.160. The van der Waals surface area contributed by atoms with Gasteiger partial charge in [-0.15, -0.1) is 0 Å². The predicted octanol–water partition coefficient (Wildman–Crippen LogP) is -1.11. The molecule has 3 saturated heterocycles. The Hall–Kier alpha value is -1.19. The first-order chi connectivity index (χ1) is 8.85. The summed E-state index contributed by atoms with van der Waals surface area (Å²) in [7, 11) is -4.20. The van der Waals surface area contributed by atoms with E-state index in [4.69, 9.17) is 18.8 Å². The molecule has 1 N–H and O–H groups in total. The number of hydrogen-bond donors (Lipinski definition) is 1. The van der Waals surface area contributed by atoms with E-state index in [0.29, 0.717) is 6.42 Å². The SMILES string of the molecule is O=C(CCS(=O)(=O)O)OC1C2CC3C(=O)OC1C3O2. The summed E-state index contributed by atoms with van der Waals surface area (Å²) in [6, 6.07) is 0. The molecule has 0 aromatic carbocycles. The molecule has 9 heteroatoms. The fourth-order valence-electron chi connectivity index (χ4n) is 2.81. The zero-order valence-electron chi connectivity index (χ0n) is 9.72. The van der Waals surface area contributed by atoms with E-state index in [2.05, 4.69) is 0 Å². The third-order valence-electron chi connectivity index (χ3n) is 3.62. The maximum absolute atomic E-state index is 11.5. The fourth-order valence-corrected chi connectivity index (χ4v) is 3.23. The monoisotopic (exact) mass is 292 g/mol. The Labute approximate surface area is 108 Å². The molecule has 106 valence electrons. The van der Waals surface area contributed by atoms with Crippen LogP contribution in [0.1, 0.15) is 12.8 Å². The van der Waals surface area contributed by atoms with Crippen LogP contribution < -0.4 is 0 Å². The molecule has 3 fully saturated rings. The van der Waals surface area contributed by atoms with Crippen molar-refractivity contribution in [1.82, 2.24) is 0 Å². The summed E-state index contributed by atoms with van der Waals surface area (Å²) in [5.74, 6) is -2.07. The van der Waals surface area contributed by atoms with Gasteiger partial charge in [-0.05, 0) is 6.42 Å². The molecule has 3 aliphatic rings. The van der Waals surface area contributed by atoms with Crippen LogP contribution in [0.4, 0.5) is 0 Å². The number of fused-ring (bicyclic) bond motifs is 1. The van der Waals surface area contributed by atoms with Gasteiger partial charge in [-0.1, -0.05) is 0 Å². The Bertz CT molecular complexity index is 526. The third-order valence-corrected chi connectivity index (χ3v) is 4.34. The van der Waals surface area contributed by atoms with Crippen LogP contribution in [-0.4, -0.2) is 55.1 Å². The predicted molar refractivity (Wildman–Crippen MR) is 57.6 cm³/mol. The summed E-state index contributed by atoms with van der Waals surface area (Å²) < 4.78 is 45.3. The van der Waals surface area contributed by atoms with Crippen molar-refractivity contribution in [2.75, 3.05) is 5.75 Å². The third kappa shape index (κ3) is 2.21. The standard InChI is InChI=1S/C10H12O8S/c11-6(1-2-19(13,14)15)17-8-5-3-4-7(16-5)9(8)18-10(4)12/h4-5,7-9H,1-3H2,(H,13,14,15). The van der Waals surface area contributed by atoms with Crippen LogP contribution in [0.2, 0.25) is 0 Å². The number of hydrogen-bond acceptors (Lipinski definition) is 7. The number of esters is 2. The second-order valence-corrected chi connectivity index (χ2v) is 6.45. The van der Waals surface area contributed by atoms with Crippen LogP contribution in [-0.2, 0) is 33.9 Å². The normalized spacial score (nSPS) is 39.4. The van der Waals surface area contributed by atoms with Gasteiger partial charge in [-0.25, -0.2) is 0 Å². The van der Waals surface area contributed by atoms with Gasteiger partial charge in [0, 0.05) is 0 Å². The minimum atomic E-state index is -4.20. The lowest BCUT2D eigenvalue weighted by Gasteiger charge is -2.22. The first kappa shape index (κ1) is 12.8. The van der Waals surface area contributed by atoms with Crippen LogP contribution >= 0.6 is 0 Å². The van der Waals surface area contributed by atoms with Crippen molar-refractivity contribution in [2.45, 2.75) is 37.3 Å². The molecule has 3 aliphatic heterocycles. The summed E-state index contributed by atoms with van der Waals surface area (Å²) in [6.45, 7) is 0. The van der Waals surface area contributed by atoms with E-state index in [9.17, 15) is 18.0 Å². The zero-order chi connectivity index (χ0) is 13.8. The molecule has 0 saturated carbocycles. The van der Waals surface area contributed by atoms with Gasteiger partial charge in [0.05, 0.1) is 24.2 Å². The van der Waals surface area contributed by atoms with Gasteiger partial charge in [0.15, 0.2) is 12.2 Å². The van der Waals surface area contributed by atoms with Crippen LogP contribution in [0.15, 0.2) is 0 Å². The van der Waals surface area contributed by atoms with Crippen LogP contribution in [0, 0.1) is 5.92 Å². The zero-order valence-corrected chi connectivity index (χ0v) is 10.5. The molecule has 0 radical (unpaired) electrons. The fraction of sp³-hybridized carbons (Fsp3) is 0.800. The highest BCUT2D eigenvalue weighted by molar-refractivity contribution is 7.85. The van der Waals surface area contributed by atoms with Gasteiger partial charge in [0.2, 0.25) is 0 Å². The Morgan fingerprint density at radius 3 is 2.84 bits per heavy atom. The van der Waals surface area contributed by atoms with E-state index in [1.165, 1.54) is 0 Å². The number of ether oxygens (including phenoxy) is 3. The van der Waals surface area contributed by atoms with E-state index in [0.717, 1.165) is 0 Å². The molecule has 0 amide bonds. The van der Waals surface area contributed by atoms with Crippen molar-refractivity contribution in [2.24, 2.45) is 5.92 Å². The molecule has 0 aliphatic carbocycles. The van der Waals surface area contributed by atoms with Crippen molar-refractivity contribution in [3.63, 3.8) is 0 Å². The highest BCUT2D eigenvalue weighted by Crippen LogP contribution is 2.47. The van der Waals surface area contributed by atoms with Crippen molar-refractivity contribution in [1.29, 1.82) is 0 Å². The highest BCUT2D eigenvalue weighted by Gasteiger charge is 2.65. The van der Waals surface area contributed by atoms with Gasteiger partial charge in [0.25, 0.3) is 10.1 Å². The Morgan fingerprint density at radius 2 is 2.16 bits per heavy atom. The molecule has 0 aromatic heterocycles. The van der Waals surface area contributed by atoms with Crippen molar-refractivity contribution in [3.05, 3.63) is 0 Å². The van der Waals surface area contributed by atoms with Crippen molar-refractivity contribution >= 4 is 22.1 Å². The van der Waals surface area contributed by atoms with E-state index in [1.54, 1.807) is 0 Å². The maximum Gasteiger partial charge on any atom is 0.312 e. The van der Waals surface area contributed by atoms with Gasteiger partial charge in [0.1, 0.15) is 6.10 Å². The summed E-state index contributed by atoms with van der Waals surface area (Å²) >= 11 is 0. The quantitative estimate of drug-likeness (QED) is 0.512.